The lowest BCUT2D eigenvalue weighted by Crippen LogP contribution is -2.33. The molecule has 0 rings (SSSR count). The summed E-state index contributed by atoms with van der Waals surface area (Å²) in [5.41, 5.74) is 5.38. The normalized spacial score (nSPS) is 10.6. The van der Waals surface area contributed by atoms with Crippen LogP contribution in [0.25, 0.3) is 0 Å². The lowest BCUT2D eigenvalue weighted by atomic mass is 10.0. The average Bonchev–Trinajstić information content (AvgIpc) is 2.46. The zero-order valence-corrected chi connectivity index (χ0v) is 14.3. The van der Waals surface area contributed by atoms with E-state index in [0.717, 1.165) is 25.8 Å². The number of aliphatic carboxylic acids is 1. The van der Waals surface area contributed by atoms with E-state index in [1.165, 1.54) is 57.8 Å². The van der Waals surface area contributed by atoms with Crippen LogP contribution >= 0.6 is 0 Å². The van der Waals surface area contributed by atoms with Crippen LogP contribution in [-0.4, -0.2) is 35.5 Å². The number of unbranched alkanes of at least 4 members (excludes halogenated alkanes) is 11. The van der Waals surface area contributed by atoms with E-state index in [4.69, 9.17) is 16.2 Å². The lowest BCUT2D eigenvalue weighted by molar-refractivity contribution is -0.137. The fourth-order valence-electron chi connectivity index (χ4n) is 2.51. The zero-order valence-electron chi connectivity index (χ0n) is 14.3. The highest BCUT2D eigenvalue weighted by Gasteiger charge is 1.99. The first-order valence-corrected chi connectivity index (χ1v) is 8.81. The highest BCUT2D eigenvalue weighted by atomic mass is 16.4. The molecule has 0 fully saturated rings. The van der Waals surface area contributed by atoms with Crippen LogP contribution in [0.5, 0.6) is 0 Å². The zero-order chi connectivity index (χ0) is 16.6. The van der Waals surface area contributed by atoms with Crippen molar-refractivity contribution in [3.8, 4) is 0 Å². The Balaban J connectivity index is 3.08. The molecule has 4 N–H and O–H groups in total. The molecule has 0 aliphatic rings. The van der Waals surface area contributed by atoms with Crippen LogP contribution < -0.4 is 5.73 Å². The Morgan fingerprint density at radius 1 is 0.864 bits per heavy atom. The molecule has 0 atom stereocenters. The second-order valence-electron chi connectivity index (χ2n) is 6.19. The minimum Gasteiger partial charge on any atom is -0.481 e. The van der Waals surface area contributed by atoms with Gasteiger partial charge in [-0.1, -0.05) is 64.2 Å². The number of carboxylic acid groups (broad SMARTS) is 1. The molecule has 0 aliphatic carbocycles. The van der Waals surface area contributed by atoms with E-state index in [9.17, 15) is 4.79 Å². The largest absolute Gasteiger partial charge is 0.481 e. The Morgan fingerprint density at radius 2 is 1.23 bits per heavy atom. The van der Waals surface area contributed by atoms with Crippen LogP contribution in [0, 0.1) is 5.41 Å². The van der Waals surface area contributed by atoms with Gasteiger partial charge < -0.3 is 15.7 Å². The summed E-state index contributed by atoms with van der Waals surface area (Å²) in [6, 6.07) is 0. The molecule has 0 unspecified atom stereocenters. The van der Waals surface area contributed by atoms with Gasteiger partial charge in [0.1, 0.15) is 0 Å². The number of nitrogens with zero attached hydrogens (tertiary/aromatic N) is 1. The molecular formula is C17H35N3O2. The van der Waals surface area contributed by atoms with Gasteiger partial charge in [-0.15, -0.1) is 0 Å². The van der Waals surface area contributed by atoms with Gasteiger partial charge in [-0.2, -0.15) is 0 Å². The molecule has 0 saturated heterocycles. The van der Waals surface area contributed by atoms with Crippen molar-refractivity contribution in [3.05, 3.63) is 0 Å². The number of carboxylic acids is 1. The van der Waals surface area contributed by atoms with Gasteiger partial charge in [0.2, 0.25) is 0 Å². The van der Waals surface area contributed by atoms with E-state index in [1.54, 1.807) is 4.90 Å². The van der Waals surface area contributed by atoms with Crippen LogP contribution in [0.4, 0.5) is 0 Å². The number of nitrogens with one attached hydrogen (secondary N) is 1. The third-order valence-corrected chi connectivity index (χ3v) is 4.05. The van der Waals surface area contributed by atoms with E-state index >= 15 is 0 Å². The summed E-state index contributed by atoms with van der Waals surface area (Å²) < 4.78 is 0. The van der Waals surface area contributed by atoms with Gasteiger partial charge in [0.25, 0.3) is 0 Å². The fourth-order valence-corrected chi connectivity index (χ4v) is 2.51. The van der Waals surface area contributed by atoms with Crippen molar-refractivity contribution in [3.63, 3.8) is 0 Å². The highest BCUT2D eigenvalue weighted by Crippen LogP contribution is 2.12. The predicted octanol–water partition coefficient (Wildman–Crippen LogP) is 3.97. The Kier molecular flexibility index (Phi) is 13.8. The van der Waals surface area contributed by atoms with Crippen LogP contribution in [0.2, 0.25) is 0 Å². The van der Waals surface area contributed by atoms with E-state index < -0.39 is 5.97 Å². The molecule has 0 aromatic heterocycles. The van der Waals surface area contributed by atoms with Crippen molar-refractivity contribution < 1.29 is 9.90 Å². The van der Waals surface area contributed by atoms with E-state index in [0.29, 0.717) is 6.42 Å². The maximum Gasteiger partial charge on any atom is 0.303 e. The molecule has 5 nitrogen and oxygen atoms in total. The molecule has 0 spiro atoms. The molecule has 5 heteroatoms. The van der Waals surface area contributed by atoms with Gasteiger partial charge in [0.05, 0.1) is 0 Å². The van der Waals surface area contributed by atoms with Crippen molar-refractivity contribution in [2.24, 2.45) is 5.73 Å². The first-order valence-electron chi connectivity index (χ1n) is 8.81. The number of guanidine groups is 1. The predicted molar refractivity (Wildman–Crippen MR) is 92.2 cm³/mol. The fraction of sp³-hybridized carbons (Fsp3) is 0.882. The monoisotopic (exact) mass is 313 g/mol. The van der Waals surface area contributed by atoms with E-state index in [-0.39, 0.29) is 5.96 Å². The SMILES string of the molecule is CN(CCCCCCCCCCCCCCC(=O)O)C(=N)N. The van der Waals surface area contributed by atoms with Crippen molar-refractivity contribution in [1.29, 1.82) is 5.41 Å². The summed E-state index contributed by atoms with van der Waals surface area (Å²) in [7, 11) is 1.87. The van der Waals surface area contributed by atoms with Crippen LogP contribution in [0.15, 0.2) is 0 Å². The quantitative estimate of drug-likeness (QED) is 0.242. The number of hydrogen-bond acceptors (Lipinski definition) is 2. The Labute approximate surface area is 135 Å². The molecule has 0 aliphatic heterocycles. The summed E-state index contributed by atoms with van der Waals surface area (Å²) in [5, 5.41) is 15.8. The van der Waals surface area contributed by atoms with Gasteiger partial charge in [0.15, 0.2) is 5.96 Å². The smallest absolute Gasteiger partial charge is 0.303 e. The molecule has 0 heterocycles. The molecule has 0 aromatic rings. The minimum absolute atomic E-state index is 0.156. The Hall–Kier alpha value is -1.26. The molecule has 130 valence electrons. The molecular weight excluding hydrogens is 278 g/mol. The maximum absolute atomic E-state index is 10.3. The van der Waals surface area contributed by atoms with Crippen LogP contribution in [0.1, 0.15) is 83.5 Å². The standard InChI is InChI=1S/C17H35N3O2/c1-20(17(18)19)15-13-11-9-7-5-3-2-4-6-8-10-12-14-16(21)22/h2-15H2,1H3,(H3,18,19)(H,21,22). The third kappa shape index (κ3) is 15.1. The van der Waals surface area contributed by atoms with Gasteiger partial charge in [-0.05, 0) is 12.8 Å². The van der Waals surface area contributed by atoms with Gasteiger partial charge >= 0.3 is 5.97 Å². The van der Waals surface area contributed by atoms with Crippen molar-refractivity contribution in [2.45, 2.75) is 83.5 Å². The van der Waals surface area contributed by atoms with Crippen molar-refractivity contribution in [1.82, 2.24) is 4.90 Å². The number of nitrogens with two attached hydrogens (primary N) is 1. The summed E-state index contributed by atoms with van der Waals surface area (Å²) in [4.78, 5) is 12.1. The van der Waals surface area contributed by atoms with Gasteiger partial charge in [-0.3, -0.25) is 10.2 Å². The first-order chi connectivity index (χ1) is 10.5. The Morgan fingerprint density at radius 3 is 1.59 bits per heavy atom. The molecule has 0 bridgehead atoms. The van der Waals surface area contributed by atoms with Crippen LogP contribution in [-0.2, 0) is 4.79 Å². The number of carbonyl (C=O) groups is 1. The third-order valence-electron chi connectivity index (χ3n) is 4.05. The van der Waals surface area contributed by atoms with Gasteiger partial charge in [0, 0.05) is 20.0 Å². The summed E-state index contributed by atoms with van der Waals surface area (Å²) in [6.45, 7) is 0.886. The first kappa shape index (κ1) is 20.7. The Bertz CT molecular complexity index is 296. The molecule has 0 aromatic carbocycles. The highest BCUT2D eigenvalue weighted by molar-refractivity contribution is 5.74. The number of rotatable bonds is 15. The minimum atomic E-state index is -0.673. The molecule has 0 saturated carbocycles. The summed E-state index contributed by atoms with van der Waals surface area (Å²) in [5.74, 6) is -0.518. The summed E-state index contributed by atoms with van der Waals surface area (Å²) in [6.07, 6.45) is 14.8. The molecule has 0 amide bonds. The molecule has 0 radical (unpaired) electrons. The van der Waals surface area contributed by atoms with Gasteiger partial charge in [-0.25, -0.2) is 0 Å². The number of hydrogen-bond donors (Lipinski definition) is 3. The molecule has 22 heavy (non-hydrogen) atoms. The maximum atomic E-state index is 10.3. The van der Waals surface area contributed by atoms with E-state index in [2.05, 4.69) is 0 Å². The summed E-state index contributed by atoms with van der Waals surface area (Å²) >= 11 is 0. The van der Waals surface area contributed by atoms with Crippen LogP contribution in [0.3, 0.4) is 0 Å². The van der Waals surface area contributed by atoms with Crippen molar-refractivity contribution in [2.75, 3.05) is 13.6 Å². The topological polar surface area (TPSA) is 90.4 Å². The van der Waals surface area contributed by atoms with E-state index in [1.807, 2.05) is 7.05 Å². The van der Waals surface area contributed by atoms with Crippen molar-refractivity contribution >= 4 is 11.9 Å². The second kappa shape index (κ2) is 14.7. The average molecular weight is 313 g/mol. The lowest BCUT2D eigenvalue weighted by Gasteiger charge is -2.15. The second-order valence-corrected chi connectivity index (χ2v) is 6.19.